The minimum absolute atomic E-state index is 0.113. The average molecular weight is 448 g/mol. The lowest BCUT2D eigenvalue weighted by atomic mass is 10.1. The highest BCUT2D eigenvalue weighted by Crippen LogP contribution is 2.26. The van der Waals surface area contributed by atoms with Gasteiger partial charge in [0, 0.05) is 44.7 Å². The van der Waals surface area contributed by atoms with E-state index in [9.17, 15) is 14.4 Å². The van der Waals surface area contributed by atoms with Crippen LogP contribution in [0.1, 0.15) is 29.5 Å². The van der Waals surface area contributed by atoms with Gasteiger partial charge in [0.2, 0.25) is 5.91 Å². The molecular formula is C25H29N5O3. The van der Waals surface area contributed by atoms with E-state index in [0.717, 1.165) is 22.4 Å². The molecule has 4 amide bonds. The number of piperazine rings is 1. The third-order valence-electron chi connectivity index (χ3n) is 6.00. The summed E-state index contributed by atoms with van der Waals surface area (Å²) in [5.74, 6) is -0.283. The van der Waals surface area contributed by atoms with Gasteiger partial charge in [-0.15, -0.1) is 0 Å². The second-order valence-electron chi connectivity index (χ2n) is 8.62. The second kappa shape index (κ2) is 9.44. The Balaban J connectivity index is 1.40. The van der Waals surface area contributed by atoms with Crippen molar-refractivity contribution in [3.05, 3.63) is 59.2 Å². The molecule has 2 aromatic carbocycles. The van der Waals surface area contributed by atoms with Crippen molar-refractivity contribution in [3.8, 4) is 0 Å². The summed E-state index contributed by atoms with van der Waals surface area (Å²) in [6, 6.07) is 13.3. The van der Waals surface area contributed by atoms with E-state index in [1.165, 1.54) is 5.01 Å². The number of carbonyl (C=O) groups excluding carboxylic acids is 3. The van der Waals surface area contributed by atoms with Gasteiger partial charge in [-0.3, -0.25) is 9.59 Å². The fourth-order valence-corrected chi connectivity index (χ4v) is 4.06. The number of urea groups is 1. The van der Waals surface area contributed by atoms with Crippen molar-refractivity contribution in [2.45, 2.75) is 33.6 Å². The molecule has 4 rings (SSSR count). The molecule has 8 heteroatoms. The zero-order chi connectivity index (χ0) is 23.5. The van der Waals surface area contributed by atoms with E-state index in [1.54, 1.807) is 9.80 Å². The van der Waals surface area contributed by atoms with Gasteiger partial charge in [-0.25, -0.2) is 9.80 Å². The number of nitrogens with one attached hydrogen (secondary N) is 1. The van der Waals surface area contributed by atoms with Crippen LogP contribution in [0.2, 0.25) is 0 Å². The zero-order valence-electron chi connectivity index (χ0n) is 19.3. The quantitative estimate of drug-likeness (QED) is 0.782. The van der Waals surface area contributed by atoms with Crippen LogP contribution in [0, 0.1) is 20.8 Å². The van der Waals surface area contributed by atoms with Crippen molar-refractivity contribution in [2.24, 2.45) is 5.10 Å². The number of hydrogen-bond donors (Lipinski definition) is 1. The van der Waals surface area contributed by atoms with Gasteiger partial charge >= 0.3 is 6.03 Å². The van der Waals surface area contributed by atoms with Gasteiger partial charge in [-0.2, -0.15) is 5.10 Å². The maximum absolute atomic E-state index is 13.1. The highest BCUT2D eigenvalue weighted by Gasteiger charge is 2.31. The number of amides is 4. The smallest absolute Gasteiger partial charge is 0.321 e. The van der Waals surface area contributed by atoms with Gasteiger partial charge < -0.3 is 15.1 Å². The number of hydrazone groups is 1. The Bertz CT molecular complexity index is 1120. The van der Waals surface area contributed by atoms with Crippen molar-refractivity contribution >= 4 is 34.9 Å². The van der Waals surface area contributed by atoms with Crippen LogP contribution in [0.5, 0.6) is 0 Å². The van der Waals surface area contributed by atoms with Gasteiger partial charge in [0.15, 0.2) is 0 Å². The SMILES string of the molecule is Cc1cccc(NC(=O)N2CCN(C(=O)C3=NN(c4cc(C)ccc4C)C(=O)CC3)CC2)c1. The van der Waals surface area contributed by atoms with Gasteiger partial charge in [-0.1, -0.05) is 24.3 Å². The molecule has 2 aliphatic rings. The van der Waals surface area contributed by atoms with Crippen molar-refractivity contribution in [1.29, 1.82) is 0 Å². The normalized spacial score (nSPS) is 16.5. The monoisotopic (exact) mass is 447 g/mol. The molecule has 0 radical (unpaired) electrons. The fraction of sp³-hybridized carbons (Fsp3) is 0.360. The zero-order valence-corrected chi connectivity index (χ0v) is 19.3. The van der Waals surface area contributed by atoms with Crippen LogP contribution in [0.4, 0.5) is 16.2 Å². The molecule has 0 spiro atoms. The van der Waals surface area contributed by atoms with E-state index < -0.39 is 0 Å². The molecule has 2 aromatic rings. The topological polar surface area (TPSA) is 85.3 Å². The largest absolute Gasteiger partial charge is 0.334 e. The molecule has 0 atom stereocenters. The Labute approximate surface area is 193 Å². The molecule has 0 bridgehead atoms. The van der Waals surface area contributed by atoms with Crippen LogP contribution >= 0.6 is 0 Å². The van der Waals surface area contributed by atoms with Gasteiger partial charge in [0.1, 0.15) is 5.71 Å². The molecule has 33 heavy (non-hydrogen) atoms. The summed E-state index contributed by atoms with van der Waals surface area (Å²) in [6.07, 6.45) is 0.573. The molecule has 1 N–H and O–H groups in total. The maximum atomic E-state index is 13.1. The lowest BCUT2D eigenvalue weighted by molar-refractivity contribution is -0.125. The molecule has 0 aromatic heterocycles. The molecule has 1 saturated heterocycles. The van der Waals surface area contributed by atoms with Gasteiger partial charge in [-0.05, 0) is 55.7 Å². The van der Waals surface area contributed by atoms with Crippen molar-refractivity contribution in [1.82, 2.24) is 9.80 Å². The van der Waals surface area contributed by atoms with E-state index in [2.05, 4.69) is 10.4 Å². The van der Waals surface area contributed by atoms with Crippen LogP contribution in [-0.4, -0.2) is 59.5 Å². The molecule has 2 heterocycles. The number of benzene rings is 2. The Morgan fingerprint density at radius 2 is 1.58 bits per heavy atom. The molecule has 2 aliphatic heterocycles. The standard InChI is InChI=1S/C25H29N5O3/c1-17-5-4-6-20(15-17)26-25(33)29-13-11-28(12-14-29)24(32)21-9-10-23(31)30(27-21)22-16-18(2)7-8-19(22)3/h4-8,15-16H,9-14H2,1-3H3,(H,26,33). The highest BCUT2D eigenvalue weighted by molar-refractivity contribution is 6.40. The van der Waals surface area contributed by atoms with Crippen LogP contribution in [-0.2, 0) is 9.59 Å². The summed E-state index contributed by atoms with van der Waals surface area (Å²) >= 11 is 0. The average Bonchev–Trinajstić information content (AvgIpc) is 2.81. The number of aryl methyl sites for hydroxylation is 3. The number of hydrogen-bond acceptors (Lipinski definition) is 4. The van der Waals surface area contributed by atoms with E-state index in [4.69, 9.17) is 0 Å². The highest BCUT2D eigenvalue weighted by atomic mass is 16.2. The predicted molar refractivity (Wildman–Crippen MR) is 128 cm³/mol. The Morgan fingerprint density at radius 3 is 2.30 bits per heavy atom. The van der Waals surface area contributed by atoms with Crippen LogP contribution < -0.4 is 10.3 Å². The summed E-state index contributed by atoms with van der Waals surface area (Å²) < 4.78 is 0. The lowest BCUT2D eigenvalue weighted by Crippen LogP contribution is -2.53. The molecule has 8 nitrogen and oxygen atoms in total. The first-order chi connectivity index (χ1) is 15.8. The Kier molecular flexibility index (Phi) is 6.44. The van der Waals surface area contributed by atoms with Gasteiger partial charge in [0.05, 0.1) is 5.69 Å². The predicted octanol–water partition coefficient (Wildman–Crippen LogP) is 3.47. The Morgan fingerprint density at radius 1 is 0.879 bits per heavy atom. The minimum Gasteiger partial charge on any atom is -0.334 e. The molecule has 0 unspecified atom stereocenters. The third kappa shape index (κ3) is 5.05. The fourth-order valence-electron chi connectivity index (χ4n) is 4.06. The number of carbonyl (C=O) groups is 3. The molecular weight excluding hydrogens is 418 g/mol. The number of rotatable bonds is 3. The summed E-state index contributed by atoms with van der Waals surface area (Å²) in [5.41, 5.74) is 4.88. The third-order valence-corrected chi connectivity index (χ3v) is 6.00. The summed E-state index contributed by atoms with van der Waals surface area (Å²) in [6.45, 7) is 7.60. The summed E-state index contributed by atoms with van der Waals surface area (Å²) in [4.78, 5) is 41.7. The maximum Gasteiger partial charge on any atom is 0.321 e. The van der Waals surface area contributed by atoms with E-state index in [1.807, 2.05) is 63.2 Å². The van der Waals surface area contributed by atoms with Crippen LogP contribution in [0.25, 0.3) is 0 Å². The van der Waals surface area contributed by atoms with E-state index in [0.29, 0.717) is 44.0 Å². The number of anilines is 2. The van der Waals surface area contributed by atoms with Crippen molar-refractivity contribution in [3.63, 3.8) is 0 Å². The Hall–Kier alpha value is -3.68. The minimum atomic E-state index is -0.172. The molecule has 0 aliphatic carbocycles. The van der Waals surface area contributed by atoms with E-state index in [-0.39, 0.29) is 24.3 Å². The first kappa shape index (κ1) is 22.5. The van der Waals surface area contributed by atoms with E-state index >= 15 is 0 Å². The molecule has 1 fully saturated rings. The van der Waals surface area contributed by atoms with Crippen LogP contribution in [0.3, 0.4) is 0 Å². The number of nitrogens with zero attached hydrogens (tertiary/aromatic N) is 4. The summed E-state index contributed by atoms with van der Waals surface area (Å²) in [7, 11) is 0. The first-order valence-corrected chi connectivity index (χ1v) is 11.2. The van der Waals surface area contributed by atoms with Gasteiger partial charge in [0.25, 0.3) is 5.91 Å². The summed E-state index contributed by atoms with van der Waals surface area (Å²) in [5, 5.41) is 8.72. The molecule has 0 saturated carbocycles. The first-order valence-electron chi connectivity index (χ1n) is 11.2. The molecule has 172 valence electrons. The second-order valence-corrected chi connectivity index (χ2v) is 8.62. The van der Waals surface area contributed by atoms with Crippen LogP contribution in [0.15, 0.2) is 47.6 Å². The lowest BCUT2D eigenvalue weighted by Gasteiger charge is -2.35. The van der Waals surface area contributed by atoms with Crippen molar-refractivity contribution in [2.75, 3.05) is 36.5 Å². The van der Waals surface area contributed by atoms with Crippen molar-refractivity contribution < 1.29 is 14.4 Å².